The molecule has 148 valence electrons. The molecule has 0 unspecified atom stereocenters. The molecule has 27 heavy (non-hydrogen) atoms. The normalized spacial score (nSPS) is 12.1. The molecule has 2 rings (SSSR count). The number of fused-ring (bicyclic) bond motifs is 1. The molecule has 0 atom stereocenters. The average Bonchev–Trinajstić information content (AvgIpc) is 3.00. The standard InChI is InChI=1S/C20H31N5O2/c1-14-7-6-8-16-15(13-25-17(14)16)9-10-22-18(21-5)23-11-12-24-19(26)27-20(2,3)4/h6-8,13,25H,9-12H2,1-5H3,(H,24,26)(H2,21,22,23). The number of guanidine groups is 1. The molecule has 1 heterocycles. The van der Waals surface area contributed by atoms with Crippen LogP contribution >= 0.6 is 0 Å². The lowest BCUT2D eigenvalue weighted by Crippen LogP contribution is -2.42. The van der Waals surface area contributed by atoms with Crippen LogP contribution in [0.5, 0.6) is 0 Å². The summed E-state index contributed by atoms with van der Waals surface area (Å²) < 4.78 is 5.19. The molecule has 7 nitrogen and oxygen atoms in total. The number of H-pyrrole nitrogens is 1. The molecule has 0 saturated carbocycles. The summed E-state index contributed by atoms with van der Waals surface area (Å²) in [5.41, 5.74) is 3.24. The maximum absolute atomic E-state index is 11.6. The number of benzene rings is 1. The highest BCUT2D eigenvalue weighted by Gasteiger charge is 2.15. The van der Waals surface area contributed by atoms with Crippen molar-refractivity contribution in [2.45, 2.75) is 39.7 Å². The minimum absolute atomic E-state index is 0.415. The lowest BCUT2D eigenvalue weighted by molar-refractivity contribution is 0.0529. The fourth-order valence-electron chi connectivity index (χ4n) is 2.77. The van der Waals surface area contributed by atoms with Gasteiger partial charge in [-0.05, 0) is 45.2 Å². The van der Waals surface area contributed by atoms with Crippen molar-refractivity contribution in [3.05, 3.63) is 35.5 Å². The summed E-state index contributed by atoms with van der Waals surface area (Å²) in [5, 5.41) is 10.4. The first-order valence-corrected chi connectivity index (χ1v) is 9.27. The van der Waals surface area contributed by atoms with Gasteiger partial charge in [-0.1, -0.05) is 18.2 Å². The quantitative estimate of drug-likeness (QED) is 0.356. The molecule has 0 fully saturated rings. The Morgan fingerprint density at radius 2 is 1.85 bits per heavy atom. The Labute approximate surface area is 161 Å². The minimum atomic E-state index is -0.490. The fraction of sp³-hybridized carbons (Fsp3) is 0.500. The molecule has 0 aliphatic carbocycles. The molecule has 2 aromatic rings. The maximum atomic E-state index is 11.6. The molecule has 1 amide bonds. The van der Waals surface area contributed by atoms with Crippen molar-refractivity contribution in [1.29, 1.82) is 0 Å². The lowest BCUT2D eigenvalue weighted by Gasteiger charge is -2.19. The number of carbonyl (C=O) groups excluding carboxylic acids is 1. The summed E-state index contributed by atoms with van der Waals surface area (Å²) in [7, 11) is 1.73. The molecule has 0 spiro atoms. The van der Waals surface area contributed by atoms with Crippen LogP contribution < -0.4 is 16.0 Å². The number of aryl methyl sites for hydroxylation is 1. The van der Waals surface area contributed by atoms with Crippen molar-refractivity contribution in [3.63, 3.8) is 0 Å². The summed E-state index contributed by atoms with van der Waals surface area (Å²) in [5.74, 6) is 0.706. The Morgan fingerprint density at radius 1 is 1.15 bits per heavy atom. The lowest BCUT2D eigenvalue weighted by atomic mass is 10.1. The van der Waals surface area contributed by atoms with E-state index < -0.39 is 11.7 Å². The van der Waals surface area contributed by atoms with E-state index in [0.717, 1.165) is 13.0 Å². The number of rotatable bonds is 6. The van der Waals surface area contributed by atoms with Crippen molar-refractivity contribution in [1.82, 2.24) is 20.9 Å². The van der Waals surface area contributed by atoms with Gasteiger partial charge in [-0.15, -0.1) is 0 Å². The predicted octanol–water partition coefficient (Wildman–Crippen LogP) is 2.71. The van der Waals surface area contributed by atoms with E-state index in [1.54, 1.807) is 7.05 Å². The van der Waals surface area contributed by atoms with Crippen LogP contribution in [-0.2, 0) is 11.2 Å². The molecule has 0 aliphatic rings. The number of nitrogens with one attached hydrogen (secondary N) is 4. The Hall–Kier alpha value is -2.70. The zero-order chi connectivity index (χ0) is 19.9. The zero-order valence-corrected chi connectivity index (χ0v) is 16.9. The zero-order valence-electron chi connectivity index (χ0n) is 16.9. The molecular weight excluding hydrogens is 342 g/mol. The second-order valence-electron chi connectivity index (χ2n) is 7.42. The molecule has 1 aromatic carbocycles. The number of nitrogens with zero attached hydrogens (tertiary/aromatic N) is 1. The van der Waals surface area contributed by atoms with Gasteiger partial charge in [0.05, 0.1) is 0 Å². The Morgan fingerprint density at radius 3 is 2.56 bits per heavy atom. The van der Waals surface area contributed by atoms with Gasteiger partial charge in [0.25, 0.3) is 0 Å². The van der Waals surface area contributed by atoms with Gasteiger partial charge in [0, 0.05) is 43.8 Å². The van der Waals surface area contributed by atoms with Crippen LogP contribution in [0.4, 0.5) is 4.79 Å². The van der Waals surface area contributed by atoms with Gasteiger partial charge in [-0.2, -0.15) is 0 Å². The molecule has 0 bridgehead atoms. The second kappa shape index (κ2) is 9.30. The largest absolute Gasteiger partial charge is 0.444 e. The van der Waals surface area contributed by atoms with Gasteiger partial charge in [-0.25, -0.2) is 4.79 Å². The smallest absolute Gasteiger partial charge is 0.407 e. The van der Waals surface area contributed by atoms with Crippen LogP contribution in [0.25, 0.3) is 10.9 Å². The Kier molecular flexibility index (Phi) is 7.10. The van der Waals surface area contributed by atoms with Gasteiger partial charge in [0.1, 0.15) is 5.60 Å². The van der Waals surface area contributed by atoms with E-state index in [9.17, 15) is 4.79 Å². The SMILES string of the molecule is CN=C(NCCNC(=O)OC(C)(C)C)NCCc1c[nH]c2c(C)cccc12. The van der Waals surface area contributed by atoms with E-state index >= 15 is 0 Å². The van der Waals surface area contributed by atoms with Crippen molar-refractivity contribution in [2.75, 3.05) is 26.7 Å². The average molecular weight is 374 g/mol. The van der Waals surface area contributed by atoms with Crippen molar-refractivity contribution in [2.24, 2.45) is 4.99 Å². The number of aliphatic imine (C=N–C) groups is 1. The van der Waals surface area contributed by atoms with Gasteiger partial charge < -0.3 is 25.7 Å². The van der Waals surface area contributed by atoms with Gasteiger partial charge in [-0.3, -0.25) is 4.99 Å². The van der Waals surface area contributed by atoms with Crippen LogP contribution in [0.15, 0.2) is 29.4 Å². The van der Waals surface area contributed by atoms with E-state index in [1.165, 1.54) is 22.0 Å². The van der Waals surface area contributed by atoms with Gasteiger partial charge in [0.15, 0.2) is 5.96 Å². The summed E-state index contributed by atoms with van der Waals surface area (Å²) in [6.45, 7) is 9.41. The van der Waals surface area contributed by atoms with Crippen LogP contribution in [0.2, 0.25) is 0 Å². The van der Waals surface area contributed by atoms with E-state index in [-0.39, 0.29) is 0 Å². The first-order valence-electron chi connectivity index (χ1n) is 9.27. The number of ether oxygens (including phenoxy) is 1. The minimum Gasteiger partial charge on any atom is -0.444 e. The van der Waals surface area contributed by atoms with Crippen LogP contribution in [0, 0.1) is 6.92 Å². The number of aromatic nitrogens is 1. The first-order chi connectivity index (χ1) is 12.8. The van der Waals surface area contributed by atoms with Crippen molar-refractivity contribution < 1.29 is 9.53 Å². The van der Waals surface area contributed by atoms with Crippen LogP contribution in [0.3, 0.4) is 0 Å². The van der Waals surface area contributed by atoms with E-state index in [1.807, 2.05) is 20.8 Å². The molecule has 0 radical (unpaired) electrons. The van der Waals surface area contributed by atoms with Gasteiger partial charge >= 0.3 is 6.09 Å². The van der Waals surface area contributed by atoms with E-state index in [4.69, 9.17) is 4.74 Å². The number of para-hydroxylation sites is 1. The molecule has 0 saturated heterocycles. The number of aromatic amines is 1. The Bertz CT molecular complexity index is 789. The first kappa shape index (κ1) is 20.6. The highest BCUT2D eigenvalue weighted by atomic mass is 16.6. The Balaban J connectivity index is 1.71. The second-order valence-corrected chi connectivity index (χ2v) is 7.42. The highest BCUT2D eigenvalue weighted by molar-refractivity contribution is 5.86. The highest BCUT2D eigenvalue weighted by Crippen LogP contribution is 2.21. The topological polar surface area (TPSA) is 90.5 Å². The summed E-state index contributed by atoms with van der Waals surface area (Å²) in [4.78, 5) is 19.2. The third-order valence-corrected chi connectivity index (χ3v) is 4.01. The van der Waals surface area contributed by atoms with Gasteiger partial charge in [0.2, 0.25) is 0 Å². The molecular formula is C20H31N5O2. The number of carbonyl (C=O) groups is 1. The molecule has 1 aromatic heterocycles. The summed E-state index contributed by atoms with van der Waals surface area (Å²) in [6.07, 6.45) is 2.54. The number of alkyl carbamates (subject to hydrolysis) is 1. The third kappa shape index (κ3) is 6.51. The predicted molar refractivity (Wildman–Crippen MR) is 110 cm³/mol. The van der Waals surface area contributed by atoms with Crippen molar-refractivity contribution >= 4 is 23.0 Å². The summed E-state index contributed by atoms with van der Waals surface area (Å²) >= 11 is 0. The molecule has 0 aliphatic heterocycles. The van der Waals surface area contributed by atoms with Crippen molar-refractivity contribution in [3.8, 4) is 0 Å². The maximum Gasteiger partial charge on any atom is 0.407 e. The number of hydrogen-bond acceptors (Lipinski definition) is 3. The number of amides is 1. The third-order valence-electron chi connectivity index (χ3n) is 4.01. The summed E-state index contributed by atoms with van der Waals surface area (Å²) in [6, 6.07) is 6.34. The van der Waals surface area contributed by atoms with Crippen LogP contribution in [0.1, 0.15) is 31.9 Å². The molecule has 7 heteroatoms. The van der Waals surface area contributed by atoms with Crippen LogP contribution in [-0.4, -0.2) is 49.3 Å². The monoisotopic (exact) mass is 373 g/mol. The molecule has 4 N–H and O–H groups in total. The number of hydrogen-bond donors (Lipinski definition) is 4. The van der Waals surface area contributed by atoms with E-state index in [0.29, 0.717) is 19.0 Å². The van der Waals surface area contributed by atoms with E-state index in [2.05, 4.69) is 57.2 Å². The fourth-order valence-corrected chi connectivity index (χ4v) is 2.77.